The summed E-state index contributed by atoms with van der Waals surface area (Å²) in [4.78, 5) is 22.8. The van der Waals surface area contributed by atoms with Crippen LogP contribution in [0.2, 0.25) is 0 Å². The Morgan fingerprint density at radius 3 is 2.50 bits per heavy atom. The topological polar surface area (TPSA) is 78.4 Å². The van der Waals surface area contributed by atoms with Gasteiger partial charge < -0.3 is 15.7 Å². The number of benzene rings is 1. The average Bonchev–Trinajstić information content (AvgIpc) is 2.78. The third kappa shape index (κ3) is 2.51. The summed E-state index contributed by atoms with van der Waals surface area (Å²) in [5.41, 5.74) is 0.450. The fourth-order valence-corrected chi connectivity index (χ4v) is 1.99. The number of carbonyl (C=O) groups excluding carboxylic acids is 1. The third-order valence-electron chi connectivity index (χ3n) is 3.31. The van der Waals surface area contributed by atoms with E-state index in [1.165, 1.54) is 12.1 Å². The number of aromatic carboxylic acids is 1. The number of hydrogen-bond donors (Lipinski definition) is 3. The first-order valence-electron chi connectivity index (χ1n) is 5.87. The van der Waals surface area contributed by atoms with E-state index in [0.29, 0.717) is 12.2 Å². The first-order valence-corrected chi connectivity index (χ1v) is 5.87. The molecule has 0 radical (unpaired) electrons. The lowest BCUT2D eigenvalue weighted by atomic mass is 9.89. The molecule has 1 atom stereocenters. The van der Waals surface area contributed by atoms with Gasteiger partial charge in [-0.3, -0.25) is 4.79 Å². The van der Waals surface area contributed by atoms with Crippen LogP contribution in [0.1, 0.15) is 23.7 Å². The molecule has 18 heavy (non-hydrogen) atoms. The van der Waals surface area contributed by atoms with E-state index in [-0.39, 0.29) is 16.9 Å². The number of amides is 1. The van der Waals surface area contributed by atoms with Gasteiger partial charge in [-0.05, 0) is 44.2 Å². The standard InChI is InChI=1S/C13H16N2O3/c1-13(6-7-14-8-13)12(18)15-10-4-2-9(3-5-10)11(16)17/h2-5,14H,6-8H2,1H3,(H,15,18)(H,16,17). The van der Waals surface area contributed by atoms with Gasteiger partial charge in [0.15, 0.2) is 0 Å². The molecule has 2 rings (SSSR count). The molecule has 0 aliphatic carbocycles. The summed E-state index contributed by atoms with van der Waals surface area (Å²) in [5, 5.41) is 14.8. The van der Waals surface area contributed by atoms with Crippen LogP contribution in [0.3, 0.4) is 0 Å². The Morgan fingerprint density at radius 1 is 1.33 bits per heavy atom. The summed E-state index contributed by atoms with van der Waals surface area (Å²) in [5.74, 6) is -1.00. The van der Waals surface area contributed by atoms with Gasteiger partial charge >= 0.3 is 5.97 Å². The molecule has 96 valence electrons. The van der Waals surface area contributed by atoms with Crippen molar-refractivity contribution in [1.29, 1.82) is 0 Å². The van der Waals surface area contributed by atoms with Crippen LogP contribution >= 0.6 is 0 Å². The van der Waals surface area contributed by atoms with Crippen molar-refractivity contribution in [2.24, 2.45) is 5.41 Å². The molecule has 5 heteroatoms. The molecule has 1 aromatic rings. The molecule has 1 fully saturated rings. The number of carboxylic acids is 1. The Balaban J connectivity index is 2.05. The highest BCUT2D eigenvalue weighted by atomic mass is 16.4. The molecular weight excluding hydrogens is 232 g/mol. The lowest BCUT2D eigenvalue weighted by Gasteiger charge is -2.21. The van der Waals surface area contributed by atoms with Crippen molar-refractivity contribution in [2.45, 2.75) is 13.3 Å². The molecule has 0 aromatic heterocycles. The summed E-state index contributed by atoms with van der Waals surface area (Å²) < 4.78 is 0. The largest absolute Gasteiger partial charge is 0.478 e. The van der Waals surface area contributed by atoms with E-state index < -0.39 is 5.97 Å². The first-order chi connectivity index (χ1) is 8.51. The zero-order valence-corrected chi connectivity index (χ0v) is 10.2. The summed E-state index contributed by atoms with van der Waals surface area (Å²) in [6, 6.07) is 6.17. The van der Waals surface area contributed by atoms with E-state index >= 15 is 0 Å². The van der Waals surface area contributed by atoms with Crippen molar-refractivity contribution in [3.05, 3.63) is 29.8 Å². The van der Waals surface area contributed by atoms with Crippen molar-refractivity contribution < 1.29 is 14.7 Å². The van der Waals surface area contributed by atoms with Gasteiger partial charge in [0.1, 0.15) is 0 Å². The van der Waals surface area contributed by atoms with Crippen LogP contribution in [0.4, 0.5) is 5.69 Å². The Morgan fingerprint density at radius 2 is 2.00 bits per heavy atom. The molecule has 3 N–H and O–H groups in total. The van der Waals surface area contributed by atoms with Crippen LogP contribution in [-0.4, -0.2) is 30.1 Å². The predicted octanol–water partition coefficient (Wildman–Crippen LogP) is 1.32. The fraction of sp³-hybridized carbons (Fsp3) is 0.385. The van der Waals surface area contributed by atoms with Gasteiger partial charge in [-0.25, -0.2) is 4.79 Å². The van der Waals surface area contributed by atoms with Gasteiger partial charge in [0.2, 0.25) is 5.91 Å². The second kappa shape index (κ2) is 4.78. The number of hydrogen-bond acceptors (Lipinski definition) is 3. The number of rotatable bonds is 3. The third-order valence-corrected chi connectivity index (χ3v) is 3.31. The van der Waals surface area contributed by atoms with E-state index in [2.05, 4.69) is 10.6 Å². The fourth-order valence-electron chi connectivity index (χ4n) is 1.99. The number of anilines is 1. The van der Waals surface area contributed by atoms with Crippen LogP contribution in [0.25, 0.3) is 0 Å². The zero-order chi connectivity index (χ0) is 13.2. The summed E-state index contributed by atoms with van der Waals surface area (Å²) in [6.45, 7) is 3.45. The quantitative estimate of drug-likeness (QED) is 0.754. The maximum atomic E-state index is 12.1. The van der Waals surface area contributed by atoms with E-state index in [1.54, 1.807) is 12.1 Å². The Hall–Kier alpha value is -1.88. The SMILES string of the molecule is CC1(C(=O)Nc2ccc(C(=O)O)cc2)CCNC1. The average molecular weight is 248 g/mol. The van der Waals surface area contributed by atoms with Crippen molar-refractivity contribution in [3.63, 3.8) is 0 Å². The number of carbonyl (C=O) groups is 2. The minimum Gasteiger partial charge on any atom is -0.478 e. The molecule has 5 nitrogen and oxygen atoms in total. The number of nitrogens with one attached hydrogen (secondary N) is 2. The normalized spacial score (nSPS) is 22.7. The maximum Gasteiger partial charge on any atom is 0.335 e. The predicted molar refractivity (Wildman–Crippen MR) is 67.6 cm³/mol. The van der Waals surface area contributed by atoms with Crippen LogP contribution in [-0.2, 0) is 4.79 Å². The van der Waals surface area contributed by atoms with Crippen molar-refractivity contribution >= 4 is 17.6 Å². The molecule has 1 saturated heterocycles. The van der Waals surface area contributed by atoms with Gasteiger partial charge in [0, 0.05) is 12.2 Å². The summed E-state index contributed by atoms with van der Waals surface area (Å²) in [7, 11) is 0. The van der Waals surface area contributed by atoms with Gasteiger partial charge in [0.25, 0.3) is 0 Å². The molecule has 1 unspecified atom stereocenters. The minimum atomic E-state index is -0.972. The van der Waals surface area contributed by atoms with Gasteiger partial charge in [-0.2, -0.15) is 0 Å². The zero-order valence-electron chi connectivity index (χ0n) is 10.2. The summed E-state index contributed by atoms with van der Waals surface area (Å²) >= 11 is 0. The Labute approximate surface area is 105 Å². The molecule has 0 saturated carbocycles. The van der Waals surface area contributed by atoms with Crippen LogP contribution in [0.15, 0.2) is 24.3 Å². The second-order valence-corrected chi connectivity index (χ2v) is 4.82. The van der Waals surface area contributed by atoms with Gasteiger partial charge in [0.05, 0.1) is 11.0 Å². The first kappa shape index (κ1) is 12.6. The highest BCUT2D eigenvalue weighted by molar-refractivity contribution is 5.96. The molecular formula is C13H16N2O3. The molecule has 1 aliphatic heterocycles. The summed E-state index contributed by atoms with van der Waals surface area (Å²) in [6.07, 6.45) is 0.812. The maximum absolute atomic E-state index is 12.1. The van der Waals surface area contributed by atoms with Gasteiger partial charge in [-0.15, -0.1) is 0 Å². The van der Waals surface area contributed by atoms with Crippen LogP contribution in [0.5, 0.6) is 0 Å². The van der Waals surface area contributed by atoms with E-state index in [4.69, 9.17) is 5.11 Å². The Kier molecular flexibility index (Phi) is 3.34. The van der Waals surface area contributed by atoms with Crippen molar-refractivity contribution in [1.82, 2.24) is 5.32 Å². The Bertz CT molecular complexity index is 462. The lowest BCUT2D eigenvalue weighted by Crippen LogP contribution is -2.35. The molecule has 0 bridgehead atoms. The number of carboxylic acid groups (broad SMARTS) is 1. The van der Waals surface area contributed by atoms with Crippen LogP contribution < -0.4 is 10.6 Å². The minimum absolute atomic E-state index is 0.0319. The molecule has 1 heterocycles. The molecule has 1 amide bonds. The van der Waals surface area contributed by atoms with Crippen molar-refractivity contribution in [2.75, 3.05) is 18.4 Å². The molecule has 1 aliphatic rings. The van der Waals surface area contributed by atoms with Crippen molar-refractivity contribution in [3.8, 4) is 0 Å². The van der Waals surface area contributed by atoms with E-state index in [9.17, 15) is 9.59 Å². The monoisotopic (exact) mass is 248 g/mol. The smallest absolute Gasteiger partial charge is 0.335 e. The second-order valence-electron chi connectivity index (χ2n) is 4.82. The highest BCUT2D eigenvalue weighted by Crippen LogP contribution is 2.26. The lowest BCUT2D eigenvalue weighted by molar-refractivity contribution is -0.123. The highest BCUT2D eigenvalue weighted by Gasteiger charge is 2.36. The molecule has 1 aromatic carbocycles. The molecule has 0 spiro atoms. The van der Waals surface area contributed by atoms with Gasteiger partial charge in [-0.1, -0.05) is 0 Å². The van der Waals surface area contributed by atoms with E-state index in [0.717, 1.165) is 13.0 Å². The van der Waals surface area contributed by atoms with E-state index in [1.807, 2.05) is 6.92 Å². The van der Waals surface area contributed by atoms with Crippen LogP contribution in [0, 0.1) is 5.41 Å².